The van der Waals surface area contributed by atoms with E-state index in [1.165, 1.54) is 0 Å². The second-order valence-electron chi connectivity index (χ2n) is 3.80. The zero-order chi connectivity index (χ0) is 10.7. The van der Waals surface area contributed by atoms with E-state index in [0.29, 0.717) is 0 Å². The molecule has 2 heterocycles. The molecule has 0 amide bonds. The summed E-state index contributed by atoms with van der Waals surface area (Å²) in [6, 6.07) is 0. The molecule has 1 saturated heterocycles. The summed E-state index contributed by atoms with van der Waals surface area (Å²) in [7, 11) is 0. The van der Waals surface area contributed by atoms with Crippen molar-refractivity contribution in [1.29, 1.82) is 0 Å². The monoisotopic (exact) mass is 225 g/mol. The molecule has 2 rings (SSSR count). The van der Waals surface area contributed by atoms with Gasteiger partial charge in [0.2, 0.25) is 0 Å². The lowest BCUT2D eigenvalue weighted by atomic mass is 10.1. The summed E-state index contributed by atoms with van der Waals surface area (Å²) in [5.41, 5.74) is 2.07. The number of hydrogen-bond acceptors (Lipinski definition) is 5. The third-order valence-corrected chi connectivity index (χ3v) is 3.45. The van der Waals surface area contributed by atoms with Gasteiger partial charge in [0, 0.05) is 37.9 Å². The molecule has 0 bridgehead atoms. The Bertz CT molecular complexity index is 351. The van der Waals surface area contributed by atoms with Crippen molar-refractivity contribution in [2.45, 2.75) is 26.3 Å². The largest absolute Gasteiger partial charge is 0.411 e. The maximum absolute atomic E-state index is 8.63. The fraction of sp³-hybridized carbons (Fsp3) is 0.600. The number of aryl methyl sites for hydroxylation is 1. The molecule has 4 nitrogen and oxygen atoms in total. The Kier molecular flexibility index (Phi) is 3.33. The summed E-state index contributed by atoms with van der Waals surface area (Å²) in [6.07, 6.45) is 1.75. The van der Waals surface area contributed by atoms with Gasteiger partial charge in [0.15, 0.2) is 0 Å². The zero-order valence-electron chi connectivity index (χ0n) is 8.81. The van der Waals surface area contributed by atoms with Gasteiger partial charge in [0.05, 0.1) is 16.4 Å². The van der Waals surface area contributed by atoms with Crippen LogP contribution in [0.2, 0.25) is 0 Å². The molecule has 1 N–H and O–H groups in total. The van der Waals surface area contributed by atoms with Crippen molar-refractivity contribution < 1.29 is 5.21 Å². The minimum atomic E-state index is 0.875. The van der Waals surface area contributed by atoms with Crippen molar-refractivity contribution in [2.75, 3.05) is 13.1 Å². The molecule has 1 aromatic rings. The lowest BCUT2D eigenvalue weighted by Gasteiger charge is -2.25. The lowest BCUT2D eigenvalue weighted by molar-refractivity contribution is 0.254. The van der Waals surface area contributed by atoms with E-state index in [9.17, 15) is 0 Å². The summed E-state index contributed by atoms with van der Waals surface area (Å²) < 4.78 is 0. The normalized spacial score (nSPS) is 18.1. The van der Waals surface area contributed by atoms with Crippen LogP contribution in [0.4, 0.5) is 0 Å². The average Bonchev–Trinajstić information content (AvgIpc) is 2.65. The van der Waals surface area contributed by atoms with Gasteiger partial charge < -0.3 is 5.21 Å². The molecule has 0 saturated carbocycles. The number of piperidine rings is 1. The van der Waals surface area contributed by atoms with Gasteiger partial charge in [0.1, 0.15) is 0 Å². The first kappa shape index (κ1) is 10.6. The van der Waals surface area contributed by atoms with Gasteiger partial charge in [0.25, 0.3) is 0 Å². The highest BCUT2D eigenvalue weighted by atomic mass is 32.1. The molecule has 0 atom stereocenters. The van der Waals surface area contributed by atoms with E-state index in [-0.39, 0.29) is 0 Å². The Hall–Kier alpha value is -0.940. The molecule has 1 aliphatic heterocycles. The van der Waals surface area contributed by atoms with Crippen molar-refractivity contribution in [3.63, 3.8) is 0 Å². The molecule has 15 heavy (non-hydrogen) atoms. The number of rotatable bonds is 2. The van der Waals surface area contributed by atoms with Crippen LogP contribution < -0.4 is 0 Å². The van der Waals surface area contributed by atoms with Crippen LogP contribution in [0.3, 0.4) is 0 Å². The van der Waals surface area contributed by atoms with Gasteiger partial charge in [-0.05, 0) is 6.92 Å². The SMILES string of the molecule is Cc1nc(CN2CCC(=NO)CC2)cs1. The second-order valence-corrected chi connectivity index (χ2v) is 4.86. The second kappa shape index (κ2) is 4.72. The van der Waals surface area contributed by atoms with Crippen molar-refractivity contribution in [1.82, 2.24) is 9.88 Å². The smallest absolute Gasteiger partial charge is 0.0897 e. The maximum Gasteiger partial charge on any atom is 0.0897 e. The maximum atomic E-state index is 8.63. The van der Waals surface area contributed by atoms with Gasteiger partial charge in [-0.15, -0.1) is 11.3 Å². The van der Waals surface area contributed by atoms with E-state index in [2.05, 4.69) is 20.4 Å². The van der Waals surface area contributed by atoms with Crippen LogP contribution in [0, 0.1) is 6.92 Å². The van der Waals surface area contributed by atoms with Crippen LogP contribution in [-0.2, 0) is 6.54 Å². The van der Waals surface area contributed by atoms with Crippen LogP contribution >= 0.6 is 11.3 Å². The number of oxime groups is 1. The first-order valence-electron chi connectivity index (χ1n) is 5.11. The predicted molar refractivity (Wildman–Crippen MR) is 60.6 cm³/mol. The summed E-state index contributed by atoms with van der Waals surface area (Å²) in [5, 5.41) is 15.1. The topological polar surface area (TPSA) is 48.7 Å². The van der Waals surface area contributed by atoms with Gasteiger partial charge in [-0.1, -0.05) is 5.16 Å². The first-order chi connectivity index (χ1) is 7.28. The molecule has 82 valence electrons. The predicted octanol–water partition coefficient (Wildman–Crippen LogP) is 1.88. The van der Waals surface area contributed by atoms with Gasteiger partial charge in [-0.2, -0.15) is 0 Å². The highest BCUT2D eigenvalue weighted by Gasteiger charge is 2.16. The van der Waals surface area contributed by atoms with E-state index in [4.69, 9.17) is 5.21 Å². The number of thiazole rings is 1. The molecule has 0 unspecified atom stereocenters. The minimum Gasteiger partial charge on any atom is -0.411 e. The molecule has 0 radical (unpaired) electrons. The standard InChI is InChI=1S/C10H15N3OS/c1-8-11-10(7-15-8)6-13-4-2-9(12-14)3-5-13/h7,14H,2-6H2,1H3. The third-order valence-electron chi connectivity index (χ3n) is 2.63. The summed E-state index contributed by atoms with van der Waals surface area (Å²) >= 11 is 1.70. The van der Waals surface area contributed by atoms with E-state index >= 15 is 0 Å². The van der Waals surface area contributed by atoms with E-state index < -0.39 is 0 Å². The first-order valence-corrected chi connectivity index (χ1v) is 5.99. The Morgan fingerprint density at radius 1 is 1.53 bits per heavy atom. The quantitative estimate of drug-likeness (QED) is 0.617. The zero-order valence-corrected chi connectivity index (χ0v) is 9.63. The van der Waals surface area contributed by atoms with Crippen molar-refractivity contribution in [3.8, 4) is 0 Å². The summed E-state index contributed by atoms with van der Waals surface area (Å²) in [5.74, 6) is 0. The molecular weight excluding hydrogens is 210 g/mol. The fourth-order valence-electron chi connectivity index (χ4n) is 1.78. The van der Waals surface area contributed by atoms with E-state index in [0.717, 1.165) is 48.9 Å². The van der Waals surface area contributed by atoms with Gasteiger partial charge in [-0.3, -0.25) is 4.90 Å². The van der Waals surface area contributed by atoms with Crippen LogP contribution in [0.25, 0.3) is 0 Å². The Labute approximate surface area is 93.2 Å². The highest BCUT2D eigenvalue weighted by molar-refractivity contribution is 7.09. The molecule has 5 heteroatoms. The highest BCUT2D eigenvalue weighted by Crippen LogP contribution is 2.14. The molecule has 0 aliphatic carbocycles. The van der Waals surface area contributed by atoms with E-state index in [1.807, 2.05) is 6.92 Å². The van der Waals surface area contributed by atoms with E-state index in [1.54, 1.807) is 11.3 Å². The molecule has 1 aliphatic rings. The molecule has 0 aromatic carbocycles. The Morgan fingerprint density at radius 2 is 2.27 bits per heavy atom. The van der Waals surface area contributed by atoms with Crippen molar-refractivity contribution in [3.05, 3.63) is 16.1 Å². The van der Waals surface area contributed by atoms with Crippen LogP contribution in [0.5, 0.6) is 0 Å². The van der Waals surface area contributed by atoms with Crippen molar-refractivity contribution >= 4 is 17.0 Å². The molecular formula is C10H15N3OS. The lowest BCUT2D eigenvalue weighted by Crippen LogP contribution is -2.33. The number of likely N-dealkylation sites (tertiary alicyclic amines) is 1. The summed E-state index contributed by atoms with van der Waals surface area (Å²) in [4.78, 5) is 6.79. The van der Waals surface area contributed by atoms with Crippen LogP contribution in [0.1, 0.15) is 23.5 Å². The van der Waals surface area contributed by atoms with Crippen LogP contribution in [0.15, 0.2) is 10.5 Å². The van der Waals surface area contributed by atoms with Gasteiger partial charge in [-0.25, -0.2) is 4.98 Å². The molecule has 1 fully saturated rings. The Morgan fingerprint density at radius 3 is 2.80 bits per heavy atom. The fourth-order valence-corrected chi connectivity index (χ4v) is 2.38. The number of aromatic nitrogens is 1. The average molecular weight is 225 g/mol. The summed E-state index contributed by atoms with van der Waals surface area (Å²) in [6.45, 7) is 4.88. The van der Waals surface area contributed by atoms with Gasteiger partial charge >= 0.3 is 0 Å². The molecule has 1 aromatic heterocycles. The van der Waals surface area contributed by atoms with Crippen molar-refractivity contribution in [2.24, 2.45) is 5.16 Å². The molecule has 0 spiro atoms. The number of nitrogens with zero attached hydrogens (tertiary/aromatic N) is 3. The number of hydrogen-bond donors (Lipinski definition) is 1. The minimum absolute atomic E-state index is 0.875. The van der Waals surface area contributed by atoms with Crippen LogP contribution in [-0.4, -0.2) is 33.9 Å². The Balaban J connectivity index is 1.87. The third kappa shape index (κ3) is 2.76.